The van der Waals surface area contributed by atoms with Gasteiger partial charge < -0.3 is 0 Å². The van der Waals surface area contributed by atoms with Gasteiger partial charge in [0.05, 0.1) is 11.4 Å². The van der Waals surface area contributed by atoms with Crippen LogP contribution in [0.15, 0.2) is 0 Å². The quantitative estimate of drug-likeness (QED) is 0.824. The second-order valence-electron chi connectivity index (χ2n) is 7.42. The lowest BCUT2D eigenvalue weighted by molar-refractivity contribution is 0.522. The third-order valence-corrected chi connectivity index (χ3v) is 6.40. The van der Waals surface area contributed by atoms with Crippen LogP contribution in [0, 0.1) is 23.2 Å². The molecule has 2 saturated carbocycles. The molecule has 0 amide bonds. The summed E-state index contributed by atoms with van der Waals surface area (Å²) >= 11 is 0. The van der Waals surface area contributed by atoms with Crippen molar-refractivity contribution in [1.29, 1.82) is 0 Å². The predicted molar refractivity (Wildman–Crippen MR) is 79.4 cm³/mol. The molecular formula is C17H27N3. The molecule has 0 aliphatic heterocycles. The van der Waals surface area contributed by atoms with Crippen molar-refractivity contribution in [3.63, 3.8) is 0 Å². The van der Waals surface area contributed by atoms with Gasteiger partial charge in [0.2, 0.25) is 0 Å². The predicted octanol–water partition coefficient (Wildman–Crippen LogP) is 3.62. The summed E-state index contributed by atoms with van der Waals surface area (Å²) in [5.41, 5.74) is 3.56. The number of fused-ring (bicyclic) bond motifs is 4. The van der Waals surface area contributed by atoms with Crippen molar-refractivity contribution in [2.45, 2.75) is 71.8 Å². The topological polar surface area (TPSA) is 30.7 Å². The molecule has 1 heterocycles. The lowest BCUT2D eigenvalue weighted by Crippen LogP contribution is -2.07. The van der Waals surface area contributed by atoms with E-state index in [9.17, 15) is 0 Å². The third-order valence-electron chi connectivity index (χ3n) is 6.40. The third kappa shape index (κ3) is 1.78. The zero-order valence-corrected chi connectivity index (χ0v) is 12.9. The molecule has 3 heteroatoms. The first-order valence-corrected chi connectivity index (χ1v) is 8.68. The Morgan fingerprint density at radius 3 is 2.75 bits per heavy atom. The van der Waals surface area contributed by atoms with Gasteiger partial charge >= 0.3 is 0 Å². The number of aromatic nitrogens is 3. The van der Waals surface area contributed by atoms with Crippen LogP contribution in [0.5, 0.6) is 0 Å². The maximum atomic E-state index is 4.50. The van der Waals surface area contributed by atoms with Gasteiger partial charge in [0.1, 0.15) is 0 Å². The second kappa shape index (κ2) is 4.57. The zero-order chi connectivity index (χ0) is 13.7. The summed E-state index contributed by atoms with van der Waals surface area (Å²) < 4.78 is 2.18. The minimum Gasteiger partial charge on any atom is -0.249 e. The molecule has 3 nitrogen and oxygen atoms in total. The van der Waals surface area contributed by atoms with Gasteiger partial charge in [-0.25, -0.2) is 4.68 Å². The molecule has 0 saturated heterocycles. The summed E-state index contributed by atoms with van der Waals surface area (Å²) in [6.07, 6.45) is 10.6. The van der Waals surface area contributed by atoms with Crippen molar-refractivity contribution in [3.8, 4) is 0 Å². The molecule has 2 fully saturated rings. The zero-order valence-electron chi connectivity index (χ0n) is 12.9. The van der Waals surface area contributed by atoms with E-state index in [1.165, 1.54) is 56.3 Å². The van der Waals surface area contributed by atoms with E-state index in [1.807, 2.05) is 0 Å². The Hall–Kier alpha value is -0.860. The van der Waals surface area contributed by atoms with Crippen LogP contribution in [0.1, 0.15) is 63.8 Å². The van der Waals surface area contributed by atoms with Gasteiger partial charge in [0.25, 0.3) is 0 Å². The summed E-state index contributed by atoms with van der Waals surface area (Å²) in [5.74, 6) is 3.08. The Labute approximate surface area is 122 Å². The van der Waals surface area contributed by atoms with Crippen molar-refractivity contribution >= 4 is 0 Å². The van der Waals surface area contributed by atoms with Gasteiger partial charge in [-0.2, -0.15) is 0 Å². The fraction of sp³-hybridized carbons (Fsp3) is 0.882. The smallest absolute Gasteiger partial charge is 0.0859 e. The molecule has 0 N–H and O–H groups in total. The average Bonchev–Trinajstić information content (AvgIpc) is 3.22. The van der Waals surface area contributed by atoms with Crippen LogP contribution in [-0.2, 0) is 19.4 Å². The summed E-state index contributed by atoms with van der Waals surface area (Å²) in [5, 5.41) is 8.91. The molecule has 4 atom stereocenters. The van der Waals surface area contributed by atoms with Crippen LogP contribution in [0.25, 0.3) is 0 Å². The summed E-state index contributed by atoms with van der Waals surface area (Å²) in [7, 11) is 0. The number of nitrogens with zero attached hydrogens (tertiary/aromatic N) is 3. The maximum absolute atomic E-state index is 4.50. The van der Waals surface area contributed by atoms with E-state index in [-0.39, 0.29) is 0 Å². The van der Waals surface area contributed by atoms with Crippen LogP contribution in [0.4, 0.5) is 0 Å². The fourth-order valence-corrected chi connectivity index (χ4v) is 5.25. The molecule has 20 heavy (non-hydrogen) atoms. The fourth-order valence-electron chi connectivity index (χ4n) is 5.25. The highest BCUT2D eigenvalue weighted by molar-refractivity contribution is 5.23. The van der Waals surface area contributed by atoms with Gasteiger partial charge in [0, 0.05) is 6.54 Å². The molecule has 1 aromatic heterocycles. The molecule has 1 unspecified atom stereocenters. The van der Waals surface area contributed by atoms with E-state index < -0.39 is 0 Å². The number of hydrogen-bond donors (Lipinski definition) is 0. The van der Waals surface area contributed by atoms with Crippen LogP contribution >= 0.6 is 0 Å². The number of aryl methyl sites for hydroxylation is 2. The maximum Gasteiger partial charge on any atom is 0.0859 e. The molecule has 0 aromatic carbocycles. The summed E-state index contributed by atoms with van der Waals surface area (Å²) in [6.45, 7) is 5.73. The molecule has 4 rings (SSSR count). The second-order valence-corrected chi connectivity index (χ2v) is 7.42. The normalized spacial score (nSPS) is 39.2. The van der Waals surface area contributed by atoms with E-state index >= 15 is 0 Å². The molecular weight excluding hydrogens is 246 g/mol. The monoisotopic (exact) mass is 273 g/mol. The first kappa shape index (κ1) is 12.8. The van der Waals surface area contributed by atoms with Crippen LogP contribution in [-0.4, -0.2) is 15.0 Å². The molecule has 1 spiro atoms. The lowest BCUT2D eigenvalue weighted by Gasteiger charge is -2.09. The van der Waals surface area contributed by atoms with Gasteiger partial charge in [-0.1, -0.05) is 25.5 Å². The highest BCUT2D eigenvalue weighted by Crippen LogP contribution is 2.80. The SMILES string of the molecule is CCCn1nnc2c1CCCC[C@@H]1[C@@H](CC2)C12C[C@H]2C. The van der Waals surface area contributed by atoms with Crippen LogP contribution in [0.2, 0.25) is 0 Å². The highest BCUT2D eigenvalue weighted by atomic mass is 15.4. The average molecular weight is 273 g/mol. The van der Waals surface area contributed by atoms with E-state index in [2.05, 4.69) is 28.8 Å². The molecule has 110 valence electrons. The van der Waals surface area contributed by atoms with Gasteiger partial charge in [-0.05, 0) is 68.1 Å². The Bertz CT molecular complexity index is 506. The highest BCUT2D eigenvalue weighted by Gasteiger charge is 2.74. The largest absolute Gasteiger partial charge is 0.249 e. The van der Waals surface area contributed by atoms with E-state index in [0.717, 1.165) is 36.1 Å². The van der Waals surface area contributed by atoms with Gasteiger partial charge in [0.15, 0.2) is 0 Å². The van der Waals surface area contributed by atoms with E-state index in [1.54, 1.807) is 0 Å². The lowest BCUT2D eigenvalue weighted by atomic mass is 10.0. The summed E-state index contributed by atoms with van der Waals surface area (Å²) in [4.78, 5) is 0. The van der Waals surface area contributed by atoms with Crippen LogP contribution in [0.3, 0.4) is 0 Å². The first-order chi connectivity index (χ1) is 9.77. The Balaban J connectivity index is 1.53. The molecule has 0 radical (unpaired) electrons. The van der Waals surface area contributed by atoms with Gasteiger partial charge in [-0.15, -0.1) is 5.10 Å². The number of rotatable bonds is 2. The van der Waals surface area contributed by atoms with Crippen molar-refractivity contribution in [1.82, 2.24) is 15.0 Å². The molecule has 1 aromatic rings. The van der Waals surface area contributed by atoms with Crippen molar-refractivity contribution < 1.29 is 0 Å². The Morgan fingerprint density at radius 1 is 1.20 bits per heavy atom. The van der Waals surface area contributed by atoms with Gasteiger partial charge in [-0.3, -0.25) is 0 Å². The molecule has 3 aliphatic carbocycles. The number of hydrogen-bond acceptors (Lipinski definition) is 2. The minimum absolute atomic E-state index is 0.796. The van der Waals surface area contributed by atoms with Crippen molar-refractivity contribution in [2.75, 3.05) is 0 Å². The van der Waals surface area contributed by atoms with Crippen molar-refractivity contribution in [3.05, 3.63) is 11.4 Å². The van der Waals surface area contributed by atoms with Crippen molar-refractivity contribution in [2.24, 2.45) is 23.2 Å². The van der Waals surface area contributed by atoms with E-state index in [0.29, 0.717) is 0 Å². The standard InChI is InChI=1S/C17H27N3/c1-3-10-20-16-7-5-4-6-13-14(17(13)11-12(17)2)8-9-15(16)18-19-20/h12-14H,3-11H2,1-2H3/t12-,13-,14-,17?/m1/s1. The Morgan fingerprint density at radius 2 is 2.00 bits per heavy atom. The first-order valence-electron chi connectivity index (χ1n) is 8.68. The molecule has 3 aliphatic rings. The van der Waals surface area contributed by atoms with E-state index in [4.69, 9.17) is 0 Å². The Kier molecular flexibility index (Phi) is 2.94. The molecule has 0 bridgehead atoms. The summed E-state index contributed by atoms with van der Waals surface area (Å²) in [6, 6.07) is 0. The minimum atomic E-state index is 0.796. The van der Waals surface area contributed by atoms with Crippen LogP contribution < -0.4 is 0 Å².